The van der Waals surface area contributed by atoms with Gasteiger partial charge in [0.1, 0.15) is 6.04 Å². The molecule has 112 valence electrons. The summed E-state index contributed by atoms with van der Waals surface area (Å²) < 4.78 is 38.5. The van der Waals surface area contributed by atoms with Crippen LogP contribution in [0.5, 0.6) is 0 Å². The van der Waals surface area contributed by atoms with Crippen molar-refractivity contribution in [3.8, 4) is 0 Å². The third kappa shape index (κ3) is 4.11. The van der Waals surface area contributed by atoms with Crippen molar-refractivity contribution in [3.63, 3.8) is 0 Å². The minimum absolute atomic E-state index is 0.106. The Hall–Kier alpha value is -1.79. The molecule has 0 aromatic carbocycles. The van der Waals surface area contributed by atoms with Crippen molar-refractivity contribution in [2.45, 2.75) is 45.3 Å². The van der Waals surface area contributed by atoms with Gasteiger partial charge in [-0.25, -0.2) is 9.78 Å². The number of halogens is 3. The van der Waals surface area contributed by atoms with E-state index in [0.717, 1.165) is 0 Å². The first-order chi connectivity index (χ1) is 9.29. The Morgan fingerprint density at radius 3 is 2.50 bits per heavy atom. The van der Waals surface area contributed by atoms with Crippen molar-refractivity contribution in [2.75, 3.05) is 5.32 Å². The number of carboxylic acid groups (broad SMARTS) is 1. The second kappa shape index (κ2) is 6.58. The topological polar surface area (TPSA) is 62.2 Å². The maximum absolute atomic E-state index is 12.8. The number of carboxylic acids is 1. The van der Waals surface area contributed by atoms with Gasteiger partial charge in [-0.05, 0) is 25.0 Å². The molecule has 4 nitrogen and oxygen atoms in total. The van der Waals surface area contributed by atoms with E-state index in [0.29, 0.717) is 18.5 Å². The average Bonchev–Trinajstić information content (AvgIpc) is 2.37. The van der Waals surface area contributed by atoms with Gasteiger partial charge in [-0.3, -0.25) is 0 Å². The Morgan fingerprint density at radius 2 is 2.05 bits per heavy atom. The largest absolute Gasteiger partial charge is 0.476 e. The van der Waals surface area contributed by atoms with Gasteiger partial charge in [0.15, 0.2) is 5.69 Å². The fourth-order valence-electron chi connectivity index (χ4n) is 1.77. The van der Waals surface area contributed by atoms with Crippen molar-refractivity contribution in [1.29, 1.82) is 0 Å². The molecule has 1 aromatic heterocycles. The summed E-state index contributed by atoms with van der Waals surface area (Å²) in [6.07, 6.45) is -3.72. The Balaban J connectivity index is 3.09. The Kier molecular flexibility index (Phi) is 5.35. The zero-order valence-corrected chi connectivity index (χ0v) is 11.3. The second-order valence-electron chi connectivity index (χ2n) is 4.38. The van der Waals surface area contributed by atoms with Crippen LogP contribution in [-0.2, 0) is 6.42 Å². The number of nitrogens with one attached hydrogen (secondary N) is 1. The number of hydrogen-bond donors (Lipinski definition) is 2. The molecule has 2 N–H and O–H groups in total. The molecule has 0 aliphatic rings. The van der Waals surface area contributed by atoms with E-state index in [2.05, 4.69) is 10.3 Å². The number of aromatic carboxylic acids is 1. The maximum atomic E-state index is 12.8. The number of hydrogen-bond acceptors (Lipinski definition) is 3. The highest BCUT2D eigenvalue weighted by Gasteiger charge is 2.39. The predicted octanol–water partition coefficient (Wildman–Crippen LogP) is 3.49. The molecule has 1 atom stereocenters. The molecule has 20 heavy (non-hydrogen) atoms. The quantitative estimate of drug-likeness (QED) is 0.842. The van der Waals surface area contributed by atoms with Crippen LogP contribution in [0, 0.1) is 0 Å². The fourth-order valence-corrected chi connectivity index (χ4v) is 1.77. The van der Waals surface area contributed by atoms with Crippen LogP contribution in [0.25, 0.3) is 0 Å². The van der Waals surface area contributed by atoms with E-state index < -0.39 is 18.2 Å². The van der Waals surface area contributed by atoms with E-state index in [1.54, 1.807) is 13.8 Å². The first-order valence-electron chi connectivity index (χ1n) is 6.36. The summed E-state index contributed by atoms with van der Waals surface area (Å²) >= 11 is 0. The average molecular weight is 290 g/mol. The number of nitrogens with zero attached hydrogens (tertiary/aromatic N) is 1. The summed E-state index contributed by atoms with van der Waals surface area (Å²) in [6.45, 7) is 3.42. The lowest BCUT2D eigenvalue weighted by atomic mass is 10.1. The van der Waals surface area contributed by atoms with Crippen molar-refractivity contribution in [2.24, 2.45) is 0 Å². The summed E-state index contributed by atoms with van der Waals surface area (Å²) in [6, 6.07) is 1.08. The van der Waals surface area contributed by atoms with E-state index in [9.17, 15) is 18.0 Å². The molecule has 7 heteroatoms. The normalized spacial score (nSPS) is 13.1. The van der Waals surface area contributed by atoms with Gasteiger partial charge in [0.25, 0.3) is 0 Å². The lowest BCUT2D eigenvalue weighted by Crippen LogP contribution is -2.36. The highest BCUT2D eigenvalue weighted by atomic mass is 19.4. The van der Waals surface area contributed by atoms with Crippen LogP contribution in [0.3, 0.4) is 0 Å². The molecule has 0 radical (unpaired) electrons. The maximum Gasteiger partial charge on any atom is 0.408 e. The molecule has 0 spiro atoms. The first-order valence-corrected chi connectivity index (χ1v) is 6.36. The molecule has 0 aliphatic heterocycles. The lowest BCUT2D eigenvalue weighted by Gasteiger charge is -2.23. The van der Waals surface area contributed by atoms with Crippen LogP contribution in [0.4, 0.5) is 18.9 Å². The number of aromatic nitrogens is 1. The highest BCUT2D eigenvalue weighted by molar-refractivity contribution is 5.92. The van der Waals surface area contributed by atoms with Crippen LogP contribution < -0.4 is 5.32 Å². The van der Waals surface area contributed by atoms with Crippen molar-refractivity contribution in [1.82, 2.24) is 4.98 Å². The zero-order chi connectivity index (χ0) is 15.3. The van der Waals surface area contributed by atoms with Crippen LogP contribution in [0.15, 0.2) is 12.1 Å². The van der Waals surface area contributed by atoms with Crippen LogP contribution in [0.2, 0.25) is 0 Å². The molecular weight excluding hydrogens is 273 g/mol. The number of aryl methyl sites for hydroxylation is 1. The Morgan fingerprint density at radius 1 is 1.40 bits per heavy atom. The second-order valence-corrected chi connectivity index (χ2v) is 4.38. The SMILES string of the molecule is CCCC(Nc1ccc(CC)nc1C(=O)O)C(F)(F)F. The van der Waals surface area contributed by atoms with Gasteiger partial charge >= 0.3 is 12.1 Å². The monoisotopic (exact) mass is 290 g/mol. The highest BCUT2D eigenvalue weighted by Crippen LogP contribution is 2.28. The number of alkyl halides is 3. The number of carbonyl (C=O) groups is 1. The van der Waals surface area contributed by atoms with Crippen molar-refractivity contribution in [3.05, 3.63) is 23.5 Å². The molecular formula is C13H17F3N2O2. The summed E-state index contributed by atoms with van der Waals surface area (Å²) in [5.41, 5.74) is 0.0344. The lowest BCUT2D eigenvalue weighted by molar-refractivity contribution is -0.143. The van der Waals surface area contributed by atoms with E-state index in [1.165, 1.54) is 12.1 Å². The van der Waals surface area contributed by atoms with Gasteiger partial charge in [-0.15, -0.1) is 0 Å². The van der Waals surface area contributed by atoms with Gasteiger partial charge in [-0.1, -0.05) is 20.3 Å². The van der Waals surface area contributed by atoms with Gasteiger partial charge in [0, 0.05) is 5.69 Å². The van der Waals surface area contributed by atoms with Crippen LogP contribution >= 0.6 is 0 Å². The van der Waals surface area contributed by atoms with Gasteiger partial charge in [0.2, 0.25) is 0 Å². The van der Waals surface area contributed by atoms with E-state index in [-0.39, 0.29) is 17.8 Å². The van der Waals surface area contributed by atoms with Crippen LogP contribution in [0.1, 0.15) is 42.9 Å². The minimum Gasteiger partial charge on any atom is -0.476 e. The third-order valence-corrected chi connectivity index (χ3v) is 2.82. The molecule has 1 unspecified atom stereocenters. The van der Waals surface area contributed by atoms with Crippen LogP contribution in [-0.4, -0.2) is 28.3 Å². The molecule has 1 rings (SSSR count). The van der Waals surface area contributed by atoms with E-state index >= 15 is 0 Å². The molecule has 0 aliphatic carbocycles. The number of pyridine rings is 1. The summed E-state index contributed by atoms with van der Waals surface area (Å²) in [5, 5.41) is 11.3. The molecule has 1 aromatic rings. The fraction of sp³-hybridized carbons (Fsp3) is 0.538. The van der Waals surface area contributed by atoms with Gasteiger partial charge in [-0.2, -0.15) is 13.2 Å². The predicted molar refractivity (Wildman–Crippen MR) is 68.9 cm³/mol. The smallest absolute Gasteiger partial charge is 0.408 e. The van der Waals surface area contributed by atoms with Crippen molar-refractivity contribution >= 4 is 11.7 Å². The summed E-state index contributed by atoms with van der Waals surface area (Å²) in [4.78, 5) is 15.0. The van der Waals surface area contributed by atoms with Gasteiger partial charge < -0.3 is 10.4 Å². The zero-order valence-electron chi connectivity index (χ0n) is 11.3. The number of anilines is 1. The standard InChI is InChI=1S/C13H17F3N2O2/c1-3-5-10(13(14,15)16)18-9-7-6-8(4-2)17-11(9)12(19)20/h6-7,10,18H,3-5H2,1-2H3,(H,19,20). The van der Waals surface area contributed by atoms with Gasteiger partial charge in [0.05, 0.1) is 5.69 Å². The first kappa shape index (κ1) is 16.3. The molecule has 1 heterocycles. The third-order valence-electron chi connectivity index (χ3n) is 2.82. The Bertz CT molecular complexity index is 475. The number of rotatable bonds is 6. The Labute approximate surface area is 115 Å². The summed E-state index contributed by atoms with van der Waals surface area (Å²) in [5.74, 6) is -1.35. The molecule has 0 amide bonds. The molecule has 0 bridgehead atoms. The molecule has 0 saturated carbocycles. The summed E-state index contributed by atoms with van der Waals surface area (Å²) in [7, 11) is 0. The molecule has 0 fully saturated rings. The van der Waals surface area contributed by atoms with Crippen molar-refractivity contribution < 1.29 is 23.1 Å². The van der Waals surface area contributed by atoms with E-state index in [1.807, 2.05) is 0 Å². The molecule has 0 saturated heterocycles. The van der Waals surface area contributed by atoms with E-state index in [4.69, 9.17) is 5.11 Å². The minimum atomic E-state index is -4.44.